The molecule has 6 rings (SSSR count). The van der Waals surface area contributed by atoms with Crippen molar-refractivity contribution in [3.63, 3.8) is 0 Å². The molecule has 2 aromatic rings. The number of aliphatic hydroxyl groups is 8. The summed E-state index contributed by atoms with van der Waals surface area (Å²) >= 11 is 0. The molecule has 29 nitrogen and oxygen atoms in total. The molecule has 16 N–H and O–H groups in total. The largest absolute Gasteiger partial charge is 0.519 e. The fourth-order valence-corrected chi connectivity index (χ4v) is 11.3. The maximum atomic E-state index is 14.7. The van der Waals surface area contributed by atoms with E-state index in [4.69, 9.17) is 19.9 Å². The Labute approximate surface area is 509 Å². The van der Waals surface area contributed by atoms with Crippen molar-refractivity contribution in [3.8, 4) is 11.5 Å². The lowest BCUT2D eigenvalue weighted by Crippen LogP contribution is -2.64. The molecule has 0 radical (unpaired) electrons. The van der Waals surface area contributed by atoms with Gasteiger partial charge in [-0.3, -0.25) is 38.4 Å². The molecule has 0 unspecified atom stereocenters. The van der Waals surface area contributed by atoms with E-state index in [0.717, 1.165) is 74.6 Å². The molecule has 3 fully saturated rings. The highest BCUT2D eigenvalue weighted by Gasteiger charge is 2.49. The summed E-state index contributed by atoms with van der Waals surface area (Å²) in [5.41, 5.74) is 6.21. The van der Waals surface area contributed by atoms with Crippen LogP contribution in [0, 0.1) is 11.8 Å². The molecule has 16 atom stereocenters. The number of hydrogen-bond donors (Lipinski definition) is 15. The van der Waals surface area contributed by atoms with Gasteiger partial charge in [0.15, 0.2) is 6.23 Å². The van der Waals surface area contributed by atoms with Crippen molar-refractivity contribution < 1.29 is 103 Å². The number of rotatable bonds is 22. The van der Waals surface area contributed by atoms with Gasteiger partial charge < -0.3 is 102 Å². The van der Waals surface area contributed by atoms with Crippen LogP contribution in [-0.2, 0) is 49.6 Å². The van der Waals surface area contributed by atoms with E-state index in [1.165, 1.54) is 18.6 Å². The maximum absolute atomic E-state index is 14.7. The zero-order valence-corrected chi connectivity index (χ0v) is 49.8. The Balaban J connectivity index is 1.27. The number of amides is 8. The van der Waals surface area contributed by atoms with Crippen LogP contribution in [0.5, 0.6) is 11.5 Å². The first-order valence-corrected chi connectivity index (χ1v) is 29.9. The molecule has 4 aliphatic rings. The van der Waals surface area contributed by atoms with Crippen molar-refractivity contribution in [2.45, 2.75) is 209 Å². The monoisotopic (exact) mass is 1240 g/mol. The number of benzene rings is 2. The van der Waals surface area contributed by atoms with Crippen LogP contribution in [0.3, 0.4) is 0 Å². The van der Waals surface area contributed by atoms with Gasteiger partial charge >= 0.3 is 13.3 Å². The van der Waals surface area contributed by atoms with Gasteiger partial charge in [-0.2, -0.15) is 0 Å². The zero-order valence-electron chi connectivity index (χ0n) is 49.8. The quantitative estimate of drug-likeness (QED) is 0.0238. The molecule has 2 aromatic carbocycles. The lowest BCUT2D eigenvalue weighted by Gasteiger charge is -2.34. The van der Waals surface area contributed by atoms with Gasteiger partial charge in [0.25, 0.3) is 0 Å². The summed E-state index contributed by atoms with van der Waals surface area (Å²) in [6.45, 7) is 6.79. The predicted octanol–water partition coefficient (Wildman–Crippen LogP) is -3.25. The van der Waals surface area contributed by atoms with Crippen molar-refractivity contribution >= 4 is 66.0 Å². The van der Waals surface area contributed by atoms with Gasteiger partial charge in [-0.1, -0.05) is 83.9 Å². The first kappa shape index (κ1) is 70.2. The summed E-state index contributed by atoms with van der Waals surface area (Å²) in [7, 11) is -1.24. The fourth-order valence-electron chi connectivity index (χ4n) is 11.3. The van der Waals surface area contributed by atoms with Crippen molar-refractivity contribution in [1.82, 2.24) is 36.4 Å². The van der Waals surface area contributed by atoms with Crippen LogP contribution >= 0.6 is 0 Å². The molecule has 0 bridgehead atoms. The van der Waals surface area contributed by atoms with Crippen molar-refractivity contribution in [2.75, 3.05) is 13.1 Å². The van der Waals surface area contributed by atoms with Crippen LogP contribution in [0.15, 0.2) is 42.5 Å². The smallest absolute Gasteiger partial charge is 0.423 e. The number of nitrogens with two attached hydrogens (primary N) is 1. The van der Waals surface area contributed by atoms with Crippen LogP contribution in [0.2, 0.25) is 0 Å². The van der Waals surface area contributed by atoms with Crippen molar-refractivity contribution in [2.24, 2.45) is 17.6 Å². The summed E-state index contributed by atoms with van der Waals surface area (Å²) in [5, 5.41) is 112. The second-order valence-corrected chi connectivity index (χ2v) is 23.5. The number of fused-ring (bicyclic) bond motifs is 3. The number of nitrogens with zero attached hydrogens (tertiary/aromatic N) is 2. The Morgan fingerprint density at radius 2 is 1.36 bits per heavy atom. The van der Waals surface area contributed by atoms with Gasteiger partial charge in [-0.25, -0.2) is 4.79 Å². The van der Waals surface area contributed by atoms with Crippen molar-refractivity contribution in [3.05, 3.63) is 53.6 Å². The summed E-state index contributed by atoms with van der Waals surface area (Å²) in [6.07, 6.45) is -12.2. The molecule has 0 aromatic heterocycles. The van der Waals surface area contributed by atoms with Gasteiger partial charge in [-0.05, 0) is 78.9 Å². The predicted molar refractivity (Wildman–Crippen MR) is 309 cm³/mol. The molecule has 8 amide bonds. The van der Waals surface area contributed by atoms with E-state index in [9.17, 15) is 89.0 Å². The molecule has 88 heavy (non-hydrogen) atoms. The summed E-state index contributed by atoms with van der Waals surface area (Å²) in [4.78, 5) is 126. The Bertz CT molecular complexity index is 2760. The minimum Gasteiger partial charge on any atom is -0.423 e. The topological polar surface area (TPSA) is 456 Å². The first-order chi connectivity index (χ1) is 41.7. The fraction of sp³-hybridized carbons (Fsp3) is 0.638. The van der Waals surface area contributed by atoms with Gasteiger partial charge in [0.2, 0.25) is 47.3 Å². The number of aliphatic hydroxyl groups excluding tert-OH is 8. The van der Waals surface area contributed by atoms with E-state index >= 15 is 0 Å². The second-order valence-electron chi connectivity index (χ2n) is 23.5. The number of hydrogen-bond acceptors (Lipinski definition) is 21. The normalized spacial score (nSPS) is 27.0. The Hall–Kier alpha value is -6.87. The Kier molecular flexibility index (Phi) is 26.0. The van der Waals surface area contributed by atoms with Crippen LogP contribution in [-0.4, -0.2) is 208 Å². The number of nitrogens with one attached hydrogen (secondary N) is 5. The summed E-state index contributed by atoms with van der Waals surface area (Å²) in [5.74, 6) is -8.81. The molecule has 30 heteroatoms. The lowest BCUT2D eigenvalue weighted by atomic mass is 9.79. The molecule has 3 saturated heterocycles. The molecule has 0 saturated carbocycles. The minimum absolute atomic E-state index is 0.000832. The lowest BCUT2D eigenvalue weighted by molar-refractivity contribution is -0.149. The third-order valence-electron chi connectivity index (χ3n) is 16.5. The average Bonchev–Trinajstić information content (AvgIpc) is 2.85. The van der Waals surface area contributed by atoms with E-state index in [1.807, 2.05) is 0 Å². The van der Waals surface area contributed by atoms with Crippen LogP contribution in [0.4, 0.5) is 4.79 Å². The highest BCUT2D eigenvalue weighted by molar-refractivity contribution is 6.61. The SMILES string of the molecule is CC[C@H](C)C[C@H](C)CCCCCCCCC(=O)N[C@H]1C[C@@H](O)[C@@H](O)NC(=O)[C@@H]2[C@@H](O)CCN2C(=O)[C@H]([C@H](O)CC(N)=O)NC(=O)[C@H]([C@H](O)[C@@H](O)c2ccc(OC(=O)Oc3ccc4c(c3)B(O)OC4)cc2)NC(=O)[C@@H]2C[C@@H](O)CN2C(=O)[C@H]([C@@H](C)O)NC1=O. The van der Waals surface area contributed by atoms with Gasteiger partial charge in [0.1, 0.15) is 66.1 Å². The summed E-state index contributed by atoms with van der Waals surface area (Å²) < 4.78 is 15.6. The molecular formula is C58H85BN8O21. The van der Waals surface area contributed by atoms with Gasteiger partial charge in [0.05, 0.1) is 37.4 Å². The number of unbranched alkanes of at least 4 members (excludes halogenated alkanes) is 5. The first-order valence-electron chi connectivity index (χ1n) is 29.9. The number of carbonyl (C=O) groups excluding carboxylic acids is 9. The highest BCUT2D eigenvalue weighted by Crippen LogP contribution is 2.28. The molecule has 0 spiro atoms. The Morgan fingerprint density at radius 3 is 2.03 bits per heavy atom. The average molecular weight is 1240 g/mol. The zero-order chi connectivity index (χ0) is 64.7. The molecule has 0 aliphatic carbocycles. The van der Waals surface area contributed by atoms with Gasteiger partial charge in [-0.15, -0.1) is 0 Å². The van der Waals surface area contributed by atoms with Crippen LogP contribution < -0.4 is 47.3 Å². The molecule has 4 aliphatic heterocycles. The second kappa shape index (κ2) is 32.6. The van der Waals surface area contributed by atoms with E-state index in [0.29, 0.717) is 40.6 Å². The number of ether oxygens (including phenoxy) is 2. The van der Waals surface area contributed by atoms with E-state index in [-0.39, 0.29) is 36.5 Å². The molecule has 4 heterocycles. The Morgan fingerprint density at radius 1 is 0.739 bits per heavy atom. The van der Waals surface area contributed by atoms with Crippen LogP contribution in [0.25, 0.3) is 0 Å². The van der Waals surface area contributed by atoms with E-state index < -0.39 is 178 Å². The van der Waals surface area contributed by atoms with Crippen molar-refractivity contribution in [1.29, 1.82) is 0 Å². The number of primary amides is 1. The van der Waals surface area contributed by atoms with Gasteiger partial charge in [0, 0.05) is 32.4 Å². The minimum atomic E-state index is -2.47. The molecular weight excluding hydrogens is 1160 g/mol. The van der Waals surface area contributed by atoms with Crippen LogP contribution in [0.1, 0.15) is 135 Å². The third-order valence-corrected chi connectivity index (χ3v) is 16.5. The highest BCUT2D eigenvalue weighted by atomic mass is 16.7. The third kappa shape index (κ3) is 19.1. The van der Waals surface area contributed by atoms with E-state index in [1.54, 1.807) is 6.07 Å². The number of carbonyl (C=O) groups is 9. The standard InChI is InChI=1S/C58H85BN8O21/c1-5-29(2)22-30(3)12-10-8-6-7-9-11-13-44(74)61-38-25-42(72)53(79)65-55(81)48-40(70)20-21-66(48)57(83)46(41(71)26-43(60)73)63-54(80)47(64-52(78)39-23-34(69)27-67(39)56(82)45(31(4)68)62-51(38)77)50(76)49(75)32-14-17-35(18-15-32)87-58(84)88-36-19-16-33-28-86-59(85)37(33)24-36/h14-19,24,29-31,34,38-42,45-50,53,68-72,75-76,79,85H,5-13,20-23,25-28H2,1-4H3,(H2,60,73)(H,61,74)(H,62,77)(H,63,80)(H,64,78)(H,65,81)/t29-,30+,31+,34+,38-,39-,40-,41+,42+,45-,46-,47-,48-,49-,50-,53+/m0/s1. The maximum Gasteiger partial charge on any atom is 0.519 e. The molecule has 486 valence electrons. The summed E-state index contributed by atoms with van der Waals surface area (Å²) in [6, 6.07) is -3.36. The van der Waals surface area contributed by atoms with E-state index in [2.05, 4.69) is 47.4 Å².